The van der Waals surface area contributed by atoms with Gasteiger partial charge in [0.15, 0.2) is 5.69 Å². The van der Waals surface area contributed by atoms with Crippen molar-refractivity contribution in [2.24, 2.45) is 11.8 Å². The minimum Gasteiger partial charge on any atom is -0.360 e. The van der Waals surface area contributed by atoms with Crippen LogP contribution in [-0.4, -0.2) is 54.7 Å². The number of hydrogen-bond donors (Lipinski definition) is 2. The number of piperidine rings is 1. The molecule has 4 rings (SSSR count). The van der Waals surface area contributed by atoms with Gasteiger partial charge >= 0.3 is 0 Å². The fourth-order valence-electron chi connectivity index (χ4n) is 4.03. The van der Waals surface area contributed by atoms with E-state index in [0.29, 0.717) is 17.5 Å². The van der Waals surface area contributed by atoms with Gasteiger partial charge < -0.3 is 20.1 Å². The summed E-state index contributed by atoms with van der Waals surface area (Å²) in [5.41, 5.74) is 0.431. The van der Waals surface area contributed by atoms with E-state index < -0.39 is 0 Å². The van der Waals surface area contributed by atoms with Gasteiger partial charge in [-0.25, -0.2) is 0 Å². The van der Waals surface area contributed by atoms with Gasteiger partial charge in [-0.05, 0) is 50.6 Å². The quantitative estimate of drug-likeness (QED) is 0.857. The molecule has 1 saturated carbocycles. The highest BCUT2D eigenvalue weighted by molar-refractivity contribution is 5.92. The van der Waals surface area contributed by atoms with Crippen molar-refractivity contribution < 1.29 is 9.32 Å². The molecule has 2 saturated heterocycles. The molecular weight excluding hydrogens is 304 g/mol. The minimum atomic E-state index is -0.0915. The average molecular weight is 332 g/mol. The Hall–Kier alpha value is -1.40. The van der Waals surface area contributed by atoms with E-state index in [1.165, 1.54) is 12.8 Å². The van der Waals surface area contributed by atoms with Crippen LogP contribution in [0, 0.1) is 11.8 Å². The lowest BCUT2D eigenvalue weighted by Gasteiger charge is -2.27. The summed E-state index contributed by atoms with van der Waals surface area (Å²) in [5, 5.41) is 10.5. The van der Waals surface area contributed by atoms with Crippen molar-refractivity contribution in [1.29, 1.82) is 0 Å². The summed E-state index contributed by atoms with van der Waals surface area (Å²) in [7, 11) is 0. The third kappa shape index (κ3) is 3.64. The first-order valence-corrected chi connectivity index (χ1v) is 9.39. The zero-order chi connectivity index (χ0) is 16.5. The molecule has 1 amide bonds. The summed E-state index contributed by atoms with van der Waals surface area (Å²) in [4.78, 5) is 15.0. The van der Waals surface area contributed by atoms with Gasteiger partial charge in [-0.1, -0.05) is 12.1 Å². The molecule has 2 aliphatic heterocycles. The number of hydrogen-bond acceptors (Lipinski definition) is 5. The minimum absolute atomic E-state index is 0.0915. The Morgan fingerprint density at radius 3 is 2.88 bits per heavy atom. The monoisotopic (exact) mass is 332 g/mol. The Morgan fingerprint density at radius 2 is 2.12 bits per heavy atom. The van der Waals surface area contributed by atoms with Gasteiger partial charge in [0.2, 0.25) is 0 Å². The lowest BCUT2D eigenvalue weighted by Crippen LogP contribution is -2.41. The van der Waals surface area contributed by atoms with Gasteiger partial charge in [0, 0.05) is 37.7 Å². The molecule has 3 heterocycles. The summed E-state index contributed by atoms with van der Waals surface area (Å²) < 4.78 is 5.30. The van der Waals surface area contributed by atoms with Crippen LogP contribution in [0.3, 0.4) is 0 Å². The first-order valence-electron chi connectivity index (χ1n) is 9.39. The Bertz CT molecular complexity index is 577. The van der Waals surface area contributed by atoms with E-state index in [0.717, 1.165) is 57.2 Å². The number of nitrogens with zero attached hydrogens (tertiary/aromatic N) is 2. The third-order valence-electron chi connectivity index (χ3n) is 5.72. The molecule has 6 heteroatoms. The predicted molar refractivity (Wildman–Crippen MR) is 90.9 cm³/mol. The van der Waals surface area contributed by atoms with E-state index in [-0.39, 0.29) is 11.9 Å². The fraction of sp³-hybridized carbons (Fsp3) is 0.778. The second-order valence-corrected chi connectivity index (χ2v) is 7.86. The van der Waals surface area contributed by atoms with Crippen LogP contribution in [0.4, 0.5) is 0 Å². The molecule has 0 radical (unpaired) electrons. The van der Waals surface area contributed by atoms with Crippen LogP contribution in [0.25, 0.3) is 0 Å². The zero-order valence-electron chi connectivity index (χ0n) is 14.5. The van der Waals surface area contributed by atoms with E-state index in [9.17, 15) is 4.79 Å². The SMILES string of the molecule is C[C@H]1CN(CC2CCNCC2)C[C@H]1NC(=O)c1cc(C2CC2)on1. The Morgan fingerprint density at radius 1 is 1.33 bits per heavy atom. The number of amides is 1. The lowest BCUT2D eigenvalue weighted by atomic mass is 9.98. The van der Waals surface area contributed by atoms with Gasteiger partial charge in [-0.3, -0.25) is 4.79 Å². The van der Waals surface area contributed by atoms with E-state index in [1.54, 1.807) is 0 Å². The molecular formula is C18H28N4O2. The van der Waals surface area contributed by atoms with Gasteiger partial charge in [0.1, 0.15) is 5.76 Å². The van der Waals surface area contributed by atoms with Crippen LogP contribution >= 0.6 is 0 Å². The standard InChI is InChI=1S/C18H28N4O2/c1-12-9-22(10-13-4-6-19-7-5-13)11-16(12)20-18(23)15-8-17(24-21-15)14-2-3-14/h8,12-14,16,19H,2-7,9-11H2,1H3,(H,20,23)/t12-,16+/m0/s1. The first-order chi connectivity index (χ1) is 11.7. The van der Waals surface area contributed by atoms with Crippen LogP contribution in [0.2, 0.25) is 0 Å². The molecule has 0 bridgehead atoms. The van der Waals surface area contributed by atoms with E-state index in [2.05, 4.69) is 27.6 Å². The molecule has 0 spiro atoms. The van der Waals surface area contributed by atoms with Crippen molar-refractivity contribution in [3.8, 4) is 0 Å². The molecule has 3 aliphatic rings. The average Bonchev–Trinajstić information content (AvgIpc) is 3.21. The number of likely N-dealkylation sites (tertiary alicyclic amines) is 1. The number of nitrogens with one attached hydrogen (secondary N) is 2. The second kappa shape index (κ2) is 6.84. The number of rotatable bonds is 5. The molecule has 132 valence electrons. The molecule has 0 aromatic carbocycles. The molecule has 2 atom stereocenters. The van der Waals surface area contributed by atoms with Crippen LogP contribution < -0.4 is 10.6 Å². The van der Waals surface area contributed by atoms with E-state index in [1.807, 2.05) is 6.07 Å². The predicted octanol–water partition coefficient (Wildman–Crippen LogP) is 1.60. The van der Waals surface area contributed by atoms with Crippen molar-refractivity contribution >= 4 is 5.91 Å². The molecule has 6 nitrogen and oxygen atoms in total. The third-order valence-corrected chi connectivity index (χ3v) is 5.72. The molecule has 3 fully saturated rings. The molecule has 1 aromatic heterocycles. The number of aromatic nitrogens is 1. The van der Waals surface area contributed by atoms with Gasteiger partial charge in [0.25, 0.3) is 5.91 Å². The van der Waals surface area contributed by atoms with Crippen molar-refractivity contribution in [3.63, 3.8) is 0 Å². The highest BCUT2D eigenvalue weighted by Crippen LogP contribution is 2.40. The normalized spacial score (nSPS) is 29.0. The van der Waals surface area contributed by atoms with Gasteiger partial charge in [-0.2, -0.15) is 0 Å². The van der Waals surface area contributed by atoms with Crippen molar-refractivity contribution in [2.75, 3.05) is 32.7 Å². The molecule has 0 unspecified atom stereocenters. The number of carbonyl (C=O) groups excluding carboxylic acids is 1. The van der Waals surface area contributed by atoms with Crippen LogP contribution in [0.15, 0.2) is 10.6 Å². The lowest BCUT2D eigenvalue weighted by molar-refractivity contribution is 0.0921. The maximum atomic E-state index is 12.4. The van der Waals surface area contributed by atoms with Crippen LogP contribution in [0.5, 0.6) is 0 Å². The summed E-state index contributed by atoms with van der Waals surface area (Å²) >= 11 is 0. The van der Waals surface area contributed by atoms with E-state index in [4.69, 9.17) is 4.52 Å². The summed E-state index contributed by atoms with van der Waals surface area (Å²) in [5.74, 6) is 2.54. The Balaban J connectivity index is 1.29. The molecule has 1 aliphatic carbocycles. The molecule has 2 N–H and O–H groups in total. The van der Waals surface area contributed by atoms with E-state index >= 15 is 0 Å². The summed E-state index contributed by atoms with van der Waals surface area (Å²) in [6.45, 7) is 7.69. The van der Waals surface area contributed by atoms with Gasteiger partial charge in [0.05, 0.1) is 0 Å². The van der Waals surface area contributed by atoms with Crippen molar-refractivity contribution in [2.45, 2.75) is 44.6 Å². The van der Waals surface area contributed by atoms with Crippen molar-refractivity contribution in [3.05, 3.63) is 17.5 Å². The Labute approximate surface area is 143 Å². The Kier molecular flexibility index (Phi) is 4.59. The van der Waals surface area contributed by atoms with Gasteiger partial charge in [-0.15, -0.1) is 0 Å². The summed E-state index contributed by atoms with van der Waals surface area (Å²) in [6.07, 6.45) is 4.85. The highest BCUT2D eigenvalue weighted by atomic mass is 16.5. The largest absolute Gasteiger partial charge is 0.360 e. The second-order valence-electron chi connectivity index (χ2n) is 7.86. The molecule has 24 heavy (non-hydrogen) atoms. The number of carbonyl (C=O) groups is 1. The zero-order valence-corrected chi connectivity index (χ0v) is 14.5. The van der Waals surface area contributed by atoms with Crippen LogP contribution in [0.1, 0.15) is 54.8 Å². The maximum absolute atomic E-state index is 12.4. The maximum Gasteiger partial charge on any atom is 0.273 e. The molecule has 1 aromatic rings. The highest BCUT2D eigenvalue weighted by Gasteiger charge is 2.33. The first kappa shape index (κ1) is 16.1. The topological polar surface area (TPSA) is 70.4 Å². The van der Waals surface area contributed by atoms with Crippen molar-refractivity contribution in [1.82, 2.24) is 20.7 Å². The van der Waals surface area contributed by atoms with Crippen LogP contribution in [-0.2, 0) is 0 Å². The fourth-order valence-corrected chi connectivity index (χ4v) is 4.03. The summed E-state index contributed by atoms with van der Waals surface area (Å²) in [6, 6.07) is 2.03. The smallest absolute Gasteiger partial charge is 0.273 e.